The summed E-state index contributed by atoms with van der Waals surface area (Å²) in [6.07, 6.45) is 9.79. The standard InChI is InChI=1S/C30H45O4P.Li/c1-6-9-12-18-32-25-21-26(33-19-13-10-7-2)29(27(22-25)34-20-14-11-8-3)35-30(31)28-23(4)16-15-17-24(28)5;/h15-17,21-22,35H,6-14,18-20H2,1-5H3;/q;+1. The van der Waals surface area contributed by atoms with Crippen LogP contribution in [0.4, 0.5) is 0 Å². The molecule has 0 bridgehead atoms. The SMILES string of the molecule is CCCCCOc1cc(OCCCCC)c(PC(=O)c2c(C)cccc2C)c(OCCCCC)c1.[Li+]. The van der Waals surface area contributed by atoms with Crippen molar-refractivity contribution in [3.63, 3.8) is 0 Å². The molecule has 4 nitrogen and oxygen atoms in total. The smallest absolute Gasteiger partial charge is 0.493 e. The van der Waals surface area contributed by atoms with Gasteiger partial charge in [-0.05, 0) is 52.8 Å². The molecule has 2 rings (SSSR count). The molecule has 6 heteroatoms. The van der Waals surface area contributed by atoms with Crippen molar-refractivity contribution in [2.24, 2.45) is 0 Å². The van der Waals surface area contributed by atoms with Crippen molar-refractivity contribution in [3.8, 4) is 17.2 Å². The minimum absolute atomic E-state index is 0. The van der Waals surface area contributed by atoms with Gasteiger partial charge < -0.3 is 14.2 Å². The molecule has 2 aromatic rings. The second-order valence-corrected chi connectivity index (χ2v) is 10.4. The molecule has 0 N–H and O–H groups in total. The molecule has 0 aliphatic heterocycles. The van der Waals surface area contributed by atoms with Gasteiger partial charge in [0.25, 0.3) is 0 Å². The third-order valence-corrected chi connectivity index (χ3v) is 7.23. The Hall–Kier alpha value is -1.46. The van der Waals surface area contributed by atoms with Gasteiger partial charge in [0.15, 0.2) is 5.52 Å². The molecular weight excluding hydrogens is 462 g/mol. The molecule has 0 radical (unpaired) electrons. The van der Waals surface area contributed by atoms with E-state index >= 15 is 0 Å². The van der Waals surface area contributed by atoms with Crippen LogP contribution in [-0.4, -0.2) is 25.3 Å². The second-order valence-electron chi connectivity index (χ2n) is 9.18. The average molecular weight is 508 g/mol. The molecule has 0 spiro atoms. The van der Waals surface area contributed by atoms with E-state index in [9.17, 15) is 4.79 Å². The topological polar surface area (TPSA) is 44.8 Å². The third-order valence-electron chi connectivity index (χ3n) is 6.01. The molecule has 0 saturated carbocycles. The van der Waals surface area contributed by atoms with Gasteiger partial charge in [-0.1, -0.05) is 77.5 Å². The van der Waals surface area contributed by atoms with Crippen molar-refractivity contribution in [3.05, 3.63) is 47.0 Å². The Kier molecular flexibility index (Phi) is 16.9. The summed E-state index contributed by atoms with van der Waals surface area (Å²) in [6.45, 7) is 12.5. The van der Waals surface area contributed by atoms with Crippen LogP contribution in [0.5, 0.6) is 17.2 Å². The largest absolute Gasteiger partial charge is 1.00 e. The van der Waals surface area contributed by atoms with Crippen molar-refractivity contribution < 1.29 is 37.9 Å². The quantitative estimate of drug-likeness (QED) is 0.159. The number of rotatable bonds is 18. The molecule has 36 heavy (non-hydrogen) atoms. The maximum absolute atomic E-state index is 13.5. The molecule has 0 aromatic heterocycles. The minimum atomic E-state index is -0.0753. The third kappa shape index (κ3) is 10.9. The first kappa shape index (κ1) is 32.6. The van der Waals surface area contributed by atoms with Gasteiger partial charge in [-0.2, -0.15) is 0 Å². The number of unbranched alkanes of at least 4 members (excludes halogenated alkanes) is 6. The van der Waals surface area contributed by atoms with E-state index < -0.39 is 0 Å². The Labute approximate surface area is 233 Å². The molecule has 0 amide bonds. The minimum Gasteiger partial charge on any atom is -0.493 e. The van der Waals surface area contributed by atoms with E-state index in [2.05, 4.69) is 20.8 Å². The van der Waals surface area contributed by atoms with Gasteiger partial charge in [-0.15, -0.1) is 0 Å². The van der Waals surface area contributed by atoms with E-state index in [0.717, 1.165) is 97.0 Å². The number of aryl methyl sites for hydroxylation is 2. The van der Waals surface area contributed by atoms with Crippen LogP contribution < -0.4 is 38.4 Å². The Morgan fingerprint density at radius 3 is 1.61 bits per heavy atom. The first-order valence-electron chi connectivity index (χ1n) is 13.5. The molecule has 0 aliphatic rings. The van der Waals surface area contributed by atoms with Crippen LogP contribution in [0.25, 0.3) is 0 Å². The molecule has 0 heterocycles. The van der Waals surface area contributed by atoms with E-state index in [-0.39, 0.29) is 33.0 Å². The van der Waals surface area contributed by atoms with E-state index in [1.165, 1.54) is 0 Å². The van der Waals surface area contributed by atoms with Gasteiger partial charge >= 0.3 is 18.9 Å². The van der Waals surface area contributed by atoms with Crippen LogP contribution >= 0.6 is 8.58 Å². The molecule has 194 valence electrons. The summed E-state index contributed by atoms with van der Waals surface area (Å²) < 4.78 is 18.6. The van der Waals surface area contributed by atoms with Crippen molar-refractivity contribution >= 4 is 19.4 Å². The fraction of sp³-hybridized carbons (Fsp3) is 0.567. The fourth-order valence-corrected chi connectivity index (χ4v) is 5.24. The van der Waals surface area contributed by atoms with E-state index in [1.807, 2.05) is 44.2 Å². The molecule has 0 fully saturated rings. The van der Waals surface area contributed by atoms with Crippen molar-refractivity contribution in [1.82, 2.24) is 0 Å². The maximum atomic E-state index is 13.5. The van der Waals surface area contributed by atoms with Crippen LogP contribution in [-0.2, 0) is 0 Å². The van der Waals surface area contributed by atoms with Crippen LogP contribution in [0.1, 0.15) is 100 Å². The summed E-state index contributed by atoms with van der Waals surface area (Å²) in [6, 6.07) is 9.92. The predicted molar refractivity (Wildman–Crippen MR) is 150 cm³/mol. The Morgan fingerprint density at radius 1 is 0.722 bits per heavy atom. The summed E-state index contributed by atoms with van der Waals surface area (Å²) >= 11 is 0. The first-order chi connectivity index (χ1) is 17.0. The first-order valence-corrected chi connectivity index (χ1v) is 14.5. The summed E-state index contributed by atoms with van der Waals surface area (Å²) in [7, 11) is -0.0753. The molecule has 1 unspecified atom stereocenters. The Bertz CT molecular complexity index is 863. The zero-order chi connectivity index (χ0) is 25.5. The van der Waals surface area contributed by atoms with Gasteiger partial charge in [0.1, 0.15) is 17.2 Å². The predicted octanol–water partition coefficient (Wildman–Crippen LogP) is 5.16. The van der Waals surface area contributed by atoms with Crippen LogP contribution in [0.2, 0.25) is 0 Å². The van der Waals surface area contributed by atoms with E-state index in [0.29, 0.717) is 19.8 Å². The van der Waals surface area contributed by atoms with Crippen molar-refractivity contribution in [2.75, 3.05) is 19.8 Å². The normalized spacial score (nSPS) is 10.9. The summed E-state index contributed by atoms with van der Waals surface area (Å²) in [5.41, 5.74) is 2.94. The second kappa shape index (κ2) is 18.7. The van der Waals surface area contributed by atoms with Gasteiger partial charge in [-0.25, -0.2) is 0 Å². The number of carbonyl (C=O) groups excluding carboxylic acids is 1. The zero-order valence-electron chi connectivity index (χ0n) is 23.5. The summed E-state index contributed by atoms with van der Waals surface area (Å²) in [5, 5.41) is 0.853. The van der Waals surface area contributed by atoms with Crippen LogP contribution in [0.3, 0.4) is 0 Å². The monoisotopic (exact) mass is 507 g/mol. The summed E-state index contributed by atoms with van der Waals surface area (Å²) in [4.78, 5) is 13.5. The van der Waals surface area contributed by atoms with Crippen LogP contribution in [0.15, 0.2) is 30.3 Å². The van der Waals surface area contributed by atoms with Gasteiger partial charge in [0, 0.05) is 17.7 Å². The van der Waals surface area contributed by atoms with Gasteiger partial charge in [0.2, 0.25) is 0 Å². The molecule has 1 atom stereocenters. The number of ether oxygens (including phenoxy) is 3. The Balaban J connectivity index is 0.00000648. The fourth-order valence-electron chi connectivity index (χ4n) is 3.96. The van der Waals surface area contributed by atoms with E-state index in [4.69, 9.17) is 14.2 Å². The number of carbonyl (C=O) groups is 1. The molecule has 0 aliphatic carbocycles. The molecule has 2 aromatic carbocycles. The van der Waals surface area contributed by atoms with Gasteiger partial charge in [0.05, 0.1) is 25.1 Å². The number of benzene rings is 2. The molecular formula is C30H45LiO4P+. The van der Waals surface area contributed by atoms with Crippen molar-refractivity contribution in [2.45, 2.75) is 92.4 Å². The van der Waals surface area contributed by atoms with E-state index in [1.54, 1.807) is 0 Å². The molecule has 0 saturated heterocycles. The Morgan fingerprint density at radius 2 is 1.17 bits per heavy atom. The average Bonchev–Trinajstić information content (AvgIpc) is 2.84. The number of hydrogen-bond acceptors (Lipinski definition) is 4. The van der Waals surface area contributed by atoms with Gasteiger partial charge in [-0.3, -0.25) is 4.79 Å². The zero-order valence-corrected chi connectivity index (χ0v) is 24.5. The number of hydrogen-bond donors (Lipinski definition) is 0. The van der Waals surface area contributed by atoms with Crippen LogP contribution in [0, 0.1) is 13.8 Å². The maximum Gasteiger partial charge on any atom is 1.00 e. The van der Waals surface area contributed by atoms with Crippen molar-refractivity contribution in [1.29, 1.82) is 0 Å². The summed E-state index contributed by atoms with van der Waals surface area (Å²) in [5.74, 6) is 2.19.